The fourth-order valence-electron chi connectivity index (χ4n) is 5.09. The molecule has 0 radical (unpaired) electrons. The van der Waals surface area contributed by atoms with E-state index in [1.807, 2.05) is 18.2 Å². The average molecular weight is 482 g/mol. The van der Waals surface area contributed by atoms with Crippen LogP contribution in [0.1, 0.15) is 43.7 Å². The van der Waals surface area contributed by atoms with E-state index in [1.165, 1.54) is 0 Å². The van der Waals surface area contributed by atoms with Crippen molar-refractivity contribution in [2.24, 2.45) is 5.73 Å². The molecule has 0 unspecified atom stereocenters. The normalized spacial score (nSPS) is 21.9. The van der Waals surface area contributed by atoms with Crippen molar-refractivity contribution in [3.8, 4) is 11.5 Å². The van der Waals surface area contributed by atoms with E-state index < -0.39 is 0 Å². The summed E-state index contributed by atoms with van der Waals surface area (Å²) in [5, 5.41) is 9.57. The van der Waals surface area contributed by atoms with Crippen LogP contribution in [0.2, 0.25) is 0 Å². The van der Waals surface area contributed by atoms with Crippen molar-refractivity contribution in [2.75, 3.05) is 44.6 Å². The van der Waals surface area contributed by atoms with Gasteiger partial charge in [0.2, 0.25) is 5.91 Å². The summed E-state index contributed by atoms with van der Waals surface area (Å²) in [7, 11) is 0. The molecule has 5 N–H and O–H groups in total. The van der Waals surface area contributed by atoms with Gasteiger partial charge in [0, 0.05) is 44.8 Å². The summed E-state index contributed by atoms with van der Waals surface area (Å²) in [5.74, 6) is 1.58. The van der Waals surface area contributed by atoms with Gasteiger partial charge in [-0.3, -0.25) is 9.36 Å². The number of rotatable bonds is 7. The Morgan fingerprint density at radius 2 is 1.97 bits per heavy atom. The van der Waals surface area contributed by atoms with Crippen molar-refractivity contribution < 1.29 is 9.53 Å². The molecule has 1 amide bonds. The van der Waals surface area contributed by atoms with E-state index in [9.17, 15) is 9.59 Å². The molecule has 2 aliphatic heterocycles. The Bertz CT molecular complexity index is 1100. The summed E-state index contributed by atoms with van der Waals surface area (Å²) in [4.78, 5) is 31.8. The van der Waals surface area contributed by atoms with Crippen LogP contribution in [0.25, 0.3) is 0 Å². The highest BCUT2D eigenvalue weighted by Crippen LogP contribution is 2.41. The predicted molar refractivity (Wildman–Crippen MR) is 134 cm³/mol. The maximum absolute atomic E-state index is 12.7. The summed E-state index contributed by atoms with van der Waals surface area (Å²) in [5.41, 5.74) is 7.29. The van der Waals surface area contributed by atoms with Gasteiger partial charge in [0.25, 0.3) is 0 Å². The van der Waals surface area contributed by atoms with Crippen LogP contribution in [-0.2, 0) is 11.2 Å². The molecule has 0 spiro atoms. The third kappa shape index (κ3) is 5.83. The van der Waals surface area contributed by atoms with Gasteiger partial charge >= 0.3 is 5.69 Å². The number of nitrogens with one attached hydrogen (secondary N) is 3. The van der Waals surface area contributed by atoms with E-state index in [0.717, 1.165) is 70.4 Å². The van der Waals surface area contributed by atoms with Gasteiger partial charge in [-0.1, -0.05) is 6.07 Å². The summed E-state index contributed by atoms with van der Waals surface area (Å²) in [6, 6.07) is 5.95. The quantitative estimate of drug-likeness (QED) is 0.374. The van der Waals surface area contributed by atoms with Gasteiger partial charge in [0.1, 0.15) is 0 Å². The number of ether oxygens (including phenoxy) is 1. The second kappa shape index (κ2) is 10.8. The number of nitrogens with zero attached hydrogens (tertiary/aromatic N) is 3. The number of carbonyl (C=O) groups is 1. The number of anilines is 2. The Kier molecular flexibility index (Phi) is 7.31. The monoisotopic (exact) mass is 481 g/mol. The predicted octanol–water partition coefficient (Wildman–Crippen LogP) is 1.49. The first-order valence-electron chi connectivity index (χ1n) is 12.7. The molecular formula is C25H35N7O3. The fraction of sp³-hybridized carbons (Fsp3) is 0.560. The molecule has 35 heavy (non-hydrogen) atoms. The lowest BCUT2D eigenvalue weighted by molar-refractivity contribution is -0.120. The number of benzene rings is 1. The molecule has 10 heteroatoms. The number of aromatic nitrogens is 2. The van der Waals surface area contributed by atoms with Crippen LogP contribution < -0.4 is 32.1 Å². The zero-order chi connectivity index (χ0) is 24.2. The van der Waals surface area contributed by atoms with E-state index in [-0.39, 0.29) is 30.1 Å². The highest BCUT2D eigenvalue weighted by molar-refractivity contribution is 5.80. The molecule has 5 rings (SSSR count). The zero-order valence-corrected chi connectivity index (χ0v) is 20.1. The molecule has 0 atom stereocenters. The summed E-state index contributed by atoms with van der Waals surface area (Å²) in [6.07, 6.45) is 6.53. The first-order chi connectivity index (χ1) is 17.0. The van der Waals surface area contributed by atoms with E-state index in [2.05, 4.69) is 25.8 Å². The second-order valence-corrected chi connectivity index (χ2v) is 9.74. The van der Waals surface area contributed by atoms with Gasteiger partial charge in [-0.05, 0) is 56.3 Å². The lowest BCUT2D eigenvalue weighted by Gasteiger charge is -2.28. The van der Waals surface area contributed by atoms with Crippen molar-refractivity contribution in [1.82, 2.24) is 25.1 Å². The Morgan fingerprint density at radius 3 is 2.77 bits per heavy atom. The number of fused-ring (bicyclic) bond motifs is 2. The van der Waals surface area contributed by atoms with Gasteiger partial charge in [-0.15, -0.1) is 0 Å². The third-order valence-corrected chi connectivity index (χ3v) is 7.12. The molecule has 3 heterocycles. The van der Waals surface area contributed by atoms with Crippen molar-refractivity contribution in [3.05, 3.63) is 40.4 Å². The van der Waals surface area contributed by atoms with Gasteiger partial charge in [-0.2, -0.15) is 4.98 Å². The number of amides is 1. The van der Waals surface area contributed by atoms with Crippen molar-refractivity contribution >= 4 is 17.4 Å². The van der Waals surface area contributed by atoms with Crippen LogP contribution in [0.5, 0.6) is 11.5 Å². The molecule has 2 fully saturated rings. The lowest BCUT2D eigenvalue weighted by Crippen LogP contribution is -2.44. The maximum Gasteiger partial charge on any atom is 0.350 e. The molecular weight excluding hydrogens is 446 g/mol. The Labute approximate surface area is 205 Å². The number of piperazine rings is 1. The first kappa shape index (κ1) is 23.8. The van der Waals surface area contributed by atoms with Gasteiger partial charge in [0.05, 0.1) is 18.3 Å². The number of carbonyl (C=O) groups excluding carboxylic acids is 1. The molecule has 0 bridgehead atoms. The van der Waals surface area contributed by atoms with Gasteiger partial charge in [-0.25, -0.2) is 4.79 Å². The minimum atomic E-state index is -0.292. The Balaban J connectivity index is 1.16. The van der Waals surface area contributed by atoms with Crippen LogP contribution >= 0.6 is 0 Å². The minimum absolute atomic E-state index is 0.00407. The number of hydrogen-bond acceptors (Lipinski definition) is 8. The SMILES string of the molecule is N[C@H]1CC[C@H](n2cc3c(nc2=O)Nc2cc(CC(=O)NCCCN4CCNCC4)ccc2O3)CC1. The van der Waals surface area contributed by atoms with Gasteiger partial charge in [0.15, 0.2) is 17.3 Å². The molecule has 1 aliphatic carbocycles. The second-order valence-electron chi connectivity index (χ2n) is 9.74. The molecule has 1 saturated carbocycles. The zero-order valence-electron chi connectivity index (χ0n) is 20.1. The average Bonchev–Trinajstić information content (AvgIpc) is 2.86. The van der Waals surface area contributed by atoms with Crippen LogP contribution in [0, 0.1) is 0 Å². The molecule has 10 nitrogen and oxygen atoms in total. The maximum atomic E-state index is 12.7. The smallest absolute Gasteiger partial charge is 0.350 e. The van der Waals surface area contributed by atoms with Gasteiger partial charge < -0.3 is 31.3 Å². The number of hydrogen-bond donors (Lipinski definition) is 4. The van der Waals surface area contributed by atoms with Crippen molar-refractivity contribution in [3.63, 3.8) is 0 Å². The van der Waals surface area contributed by atoms with Crippen molar-refractivity contribution in [1.29, 1.82) is 0 Å². The Hall–Kier alpha value is -2.95. The Morgan fingerprint density at radius 1 is 1.17 bits per heavy atom. The largest absolute Gasteiger partial charge is 0.450 e. The van der Waals surface area contributed by atoms with Crippen LogP contribution in [0.4, 0.5) is 11.5 Å². The molecule has 2 aromatic rings. The fourth-order valence-corrected chi connectivity index (χ4v) is 5.09. The standard InChI is InChI=1S/C25H35N7O3/c26-18-3-5-19(6-4-18)32-16-22-24(30-25(32)34)29-20-14-17(2-7-21(20)35-22)15-23(33)28-8-1-11-31-12-9-27-10-13-31/h2,7,14,16,18-19,27H,1,3-6,8-13,15,26H2,(H,28,33)(H,29,30,34)/t18-,19-. The van der Waals surface area contributed by atoms with E-state index >= 15 is 0 Å². The molecule has 188 valence electrons. The van der Waals surface area contributed by atoms with E-state index in [4.69, 9.17) is 10.5 Å². The summed E-state index contributed by atoms with van der Waals surface area (Å²) >= 11 is 0. The van der Waals surface area contributed by atoms with Crippen LogP contribution in [0.15, 0.2) is 29.2 Å². The third-order valence-electron chi connectivity index (χ3n) is 7.12. The molecule has 1 aromatic carbocycles. The molecule has 1 aromatic heterocycles. The number of nitrogens with two attached hydrogens (primary N) is 1. The summed E-state index contributed by atoms with van der Waals surface area (Å²) in [6.45, 7) is 5.89. The van der Waals surface area contributed by atoms with E-state index in [0.29, 0.717) is 29.5 Å². The topological polar surface area (TPSA) is 127 Å². The summed E-state index contributed by atoms with van der Waals surface area (Å²) < 4.78 is 7.74. The highest BCUT2D eigenvalue weighted by Gasteiger charge is 2.25. The van der Waals surface area contributed by atoms with E-state index in [1.54, 1.807) is 10.8 Å². The lowest BCUT2D eigenvalue weighted by atomic mass is 9.91. The van der Waals surface area contributed by atoms with Crippen LogP contribution in [0.3, 0.4) is 0 Å². The molecule has 1 saturated heterocycles. The van der Waals surface area contributed by atoms with Crippen LogP contribution in [-0.4, -0.2) is 65.7 Å². The molecule has 3 aliphatic rings. The highest BCUT2D eigenvalue weighted by atomic mass is 16.5. The minimum Gasteiger partial charge on any atom is -0.450 e. The first-order valence-corrected chi connectivity index (χ1v) is 12.7. The van der Waals surface area contributed by atoms with Crippen molar-refractivity contribution in [2.45, 2.75) is 50.6 Å².